The van der Waals surface area contributed by atoms with E-state index in [1.54, 1.807) is 0 Å². The number of pyridine rings is 1. The van der Waals surface area contributed by atoms with E-state index in [4.69, 9.17) is 21.4 Å². The molecule has 82 valence electrons. The summed E-state index contributed by atoms with van der Waals surface area (Å²) in [6, 6.07) is 1.32. The summed E-state index contributed by atoms with van der Waals surface area (Å²) in [7, 11) is 0. The molecule has 5 heteroatoms. The van der Waals surface area contributed by atoms with Crippen molar-refractivity contribution >= 4 is 17.6 Å². The van der Waals surface area contributed by atoms with E-state index in [9.17, 15) is 4.79 Å². The van der Waals surface area contributed by atoms with E-state index in [2.05, 4.69) is 4.98 Å². The highest BCUT2D eigenvalue weighted by Crippen LogP contribution is 2.25. The van der Waals surface area contributed by atoms with E-state index in [-0.39, 0.29) is 16.5 Å². The van der Waals surface area contributed by atoms with Gasteiger partial charge in [0.25, 0.3) is 0 Å². The molecule has 0 bridgehead atoms. The number of aromatic nitrogens is 1. The van der Waals surface area contributed by atoms with Crippen molar-refractivity contribution in [3.8, 4) is 5.88 Å². The molecular weight excluding hydrogens is 218 g/mol. The normalized spacial score (nSPS) is 11.2. The Labute approximate surface area is 92.8 Å². The Balaban J connectivity index is 2.99. The van der Waals surface area contributed by atoms with Crippen LogP contribution in [-0.2, 0) is 0 Å². The van der Waals surface area contributed by atoms with Crippen LogP contribution in [0.3, 0.4) is 0 Å². The minimum atomic E-state index is -1.06. The number of hydrogen-bond donors (Lipinski definition) is 1. The number of rotatable bonds is 2. The van der Waals surface area contributed by atoms with Crippen molar-refractivity contribution in [3.63, 3.8) is 0 Å². The van der Waals surface area contributed by atoms with E-state index >= 15 is 0 Å². The van der Waals surface area contributed by atoms with Gasteiger partial charge in [0.15, 0.2) is 0 Å². The highest BCUT2D eigenvalue weighted by atomic mass is 35.5. The Hall–Kier alpha value is -1.29. The number of carboxylic acids is 1. The monoisotopic (exact) mass is 229 g/mol. The number of carbonyl (C=O) groups is 1. The summed E-state index contributed by atoms with van der Waals surface area (Å²) in [4.78, 5) is 14.5. The van der Waals surface area contributed by atoms with Crippen LogP contribution in [0.1, 0.15) is 31.1 Å². The number of aromatic carboxylic acids is 1. The first kappa shape index (κ1) is 11.8. The van der Waals surface area contributed by atoms with Crippen molar-refractivity contribution in [1.29, 1.82) is 0 Å². The zero-order valence-electron chi connectivity index (χ0n) is 8.74. The molecule has 0 saturated heterocycles. The molecule has 0 aromatic carbocycles. The van der Waals surface area contributed by atoms with Gasteiger partial charge in [0.1, 0.15) is 10.6 Å². The standard InChI is InChI=1S/C10H12ClNO3/c1-10(2,3)15-8-7(11)4-6(5-12-8)9(13)14/h4-5H,1-3H3,(H,13,14). The summed E-state index contributed by atoms with van der Waals surface area (Å²) in [6.45, 7) is 5.57. The quantitative estimate of drug-likeness (QED) is 0.847. The second-order valence-electron chi connectivity index (χ2n) is 4.03. The van der Waals surface area contributed by atoms with Crippen LogP contribution in [-0.4, -0.2) is 21.7 Å². The molecule has 0 unspecified atom stereocenters. The van der Waals surface area contributed by atoms with Crippen molar-refractivity contribution in [2.75, 3.05) is 0 Å². The summed E-state index contributed by atoms with van der Waals surface area (Å²) < 4.78 is 5.43. The second-order valence-corrected chi connectivity index (χ2v) is 4.44. The number of nitrogens with zero attached hydrogens (tertiary/aromatic N) is 1. The smallest absolute Gasteiger partial charge is 0.337 e. The molecule has 0 atom stereocenters. The Morgan fingerprint density at radius 3 is 2.53 bits per heavy atom. The fourth-order valence-electron chi connectivity index (χ4n) is 0.907. The van der Waals surface area contributed by atoms with Crippen molar-refractivity contribution < 1.29 is 14.6 Å². The zero-order chi connectivity index (χ0) is 11.6. The molecule has 15 heavy (non-hydrogen) atoms. The van der Waals surface area contributed by atoms with Crippen LogP contribution in [0.5, 0.6) is 5.88 Å². The predicted molar refractivity (Wildman–Crippen MR) is 56.6 cm³/mol. The van der Waals surface area contributed by atoms with Gasteiger partial charge in [-0.3, -0.25) is 0 Å². The van der Waals surface area contributed by atoms with Crippen molar-refractivity contribution in [3.05, 3.63) is 22.8 Å². The van der Waals surface area contributed by atoms with Crippen LogP contribution in [0.15, 0.2) is 12.3 Å². The first-order valence-corrected chi connectivity index (χ1v) is 4.75. The minimum Gasteiger partial charge on any atom is -0.478 e. The third-order valence-corrected chi connectivity index (χ3v) is 1.73. The summed E-state index contributed by atoms with van der Waals surface area (Å²) in [5, 5.41) is 8.89. The molecule has 0 radical (unpaired) electrons. The average Bonchev–Trinajstić information content (AvgIpc) is 2.05. The average molecular weight is 230 g/mol. The highest BCUT2D eigenvalue weighted by Gasteiger charge is 2.16. The molecule has 1 N–H and O–H groups in total. The molecule has 0 aliphatic rings. The SMILES string of the molecule is CC(C)(C)Oc1ncc(C(=O)O)cc1Cl. The van der Waals surface area contributed by atoms with Gasteiger partial charge in [0.05, 0.1) is 5.56 Å². The van der Waals surface area contributed by atoms with Crippen LogP contribution >= 0.6 is 11.6 Å². The van der Waals surface area contributed by atoms with Gasteiger partial charge in [-0.05, 0) is 26.8 Å². The Bertz CT molecular complexity index is 385. The first-order chi connectivity index (χ1) is 6.79. The molecule has 1 rings (SSSR count). The molecule has 1 aromatic heterocycles. The lowest BCUT2D eigenvalue weighted by atomic mass is 10.2. The van der Waals surface area contributed by atoms with Crippen molar-refractivity contribution in [1.82, 2.24) is 4.98 Å². The first-order valence-electron chi connectivity index (χ1n) is 4.37. The van der Waals surface area contributed by atoms with E-state index in [1.807, 2.05) is 20.8 Å². The lowest BCUT2D eigenvalue weighted by Gasteiger charge is -2.20. The lowest BCUT2D eigenvalue weighted by molar-refractivity contribution is 0.0696. The third kappa shape index (κ3) is 3.40. The summed E-state index contributed by atoms with van der Waals surface area (Å²) in [6.07, 6.45) is 1.22. The number of carboxylic acid groups (broad SMARTS) is 1. The minimum absolute atomic E-state index is 0.0428. The Morgan fingerprint density at radius 1 is 1.53 bits per heavy atom. The van der Waals surface area contributed by atoms with Gasteiger partial charge in [-0.25, -0.2) is 9.78 Å². The molecule has 0 aliphatic heterocycles. The number of ether oxygens (including phenoxy) is 1. The maximum absolute atomic E-state index is 10.6. The van der Waals surface area contributed by atoms with Crippen molar-refractivity contribution in [2.24, 2.45) is 0 Å². The lowest BCUT2D eigenvalue weighted by Crippen LogP contribution is -2.23. The van der Waals surface area contributed by atoms with Gasteiger partial charge in [-0.1, -0.05) is 11.6 Å². The maximum Gasteiger partial charge on any atom is 0.337 e. The molecular formula is C10H12ClNO3. The summed E-state index contributed by atoms with van der Waals surface area (Å²) in [5.74, 6) is -0.819. The van der Waals surface area contributed by atoms with Gasteiger partial charge in [-0.15, -0.1) is 0 Å². The number of hydrogen-bond acceptors (Lipinski definition) is 3. The fraction of sp³-hybridized carbons (Fsp3) is 0.400. The van der Waals surface area contributed by atoms with E-state index in [0.717, 1.165) is 0 Å². The maximum atomic E-state index is 10.6. The fourth-order valence-corrected chi connectivity index (χ4v) is 1.11. The molecule has 0 aliphatic carbocycles. The van der Waals surface area contributed by atoms with E-state index in [1.165, 1.54) is 12.3 Å². The van der Waals surface area contributed by atoms with Gasteiger partial charge in [0.2, 0.25) is 5.88 Å². The topological polar surface area (TPSA) is 59.4 Å². The van der Waals surface area contributed by atoms with E-state index < -0.39 is 11.6 Å². The van der Waals surface area contributed by atoms with Crippen LogP contribution in [0, 0.1) is 0 Å². The molecule has 1 heterocycles. The Kier molecular flexibility index (Phi) is 3.19. The van der Waals surface area contributed by atoms with Gasteiger partial charge in [-0.2, -0.15) is 0 Å². The van der Waals surface area contributed by atoms with Gasteiger partial charge in [0, 0.05) is 6.20 Å². The third-order valence-electron chi connectivity index (χ3n) is 1.46. The summed E-state index contributed by atoms with van der Waals surface area (Å²) in [5.41, 5.74) is -0.372. The zero-order valence-corrected chi connectivity index (χ0v) is 9.50. The molecule has 1 aromatic rings. The van der Waals surface area contributed by atoms with Crippen LogP contribution in [0.4, 0.5) is 0 Å². The molecule has 0 fully saturated rings. The molecule has 0 saturated carbocycles. The van der Waals surface area contributed by atoms with Gasteiger partial charge >= 0.3 is 5.97 Å². The molecule has 0 amide bonds. The number of halogens is 1. The largest absolute Gasteiger partial charge is 0.478 e. The predicted octanol–water partition coefficient (Wildman–Crippen LogP) is 2.61. The molecule has 4 nitrogen and oxygen atoms in total. The summed E-state index contributed by atoms with van der Waals surface area (Å²) >= 11 is 5.83. The second kappa shape index (κ2) is 4.06. The van der Waals surface area contributed by atoms with Crippen LogP contribution in [0.2, 0.25) is 5.02 Å². The highest BCUT2D eigenvalue weighted by molar-refractivity contribution is 6.32. The van der Waals surface area contributed by atoms with Gasteiger partial charge < -0.3 is 9.84 Å². The van der Waals surface area contributed by atoms with Crippen molar-refractivity contribution in [2.45, 2.75) is 26.4 Å². The van der Waals surface area contributed by atoms with E-state index in [0.29, 0.717) is 0 Å². The Morgan fingerprint density at radius 2 is 2.13 bits per heavy atom. The van der Waals surface area contributed by atoms with Crippen LogP contribution in [0.25, 0.3) is 0 Å². The van der Waals surface area contributed by atoms with Crippen LogP contribution < -0.4 is 4.74 Å². The molecule has 0 spiro atoms.